The molecule has 0 radical (unpaired) electrons. The maximum atomic E-state index is 13.4. The average Bonchev–Trinajstić information content (AvgIpc) is 3.08. The van der Waals surface area contributed by atoms with Gasteiger partial charge in [0.1, 0.15) is 6.04 Å². The Morgan fingerprint density at radius 1 is 1.14 bits per heavy atom. The summed E-state index contributed by atoms with van der Waals surface area (Å²) in [5, 5.41) is 9.71. The van der Waals surface area contributed by atoms with E-state index in [0.29, 0.717) is 6.42 Å². The Bertz CT molecular complexity index is 834. The second kappa shape index (κ2) is 7.41. The van der Waals surface area contributed by atoms with Crippen LogP contribution >= 0.6 is 0 Å². The molecule has 2 aliphatic heterocycles. The highest BCUT2D eigenvalue weighted by atomic mass is 16.4. The van der Waals surface area contributed by atoms with Crippen molar-refractivity contribution in [2.75, 3.05) is 0 Å². The van der Waals surface area contributed by atoms with Gasteiger partial charge >= 0.3 is 5.97 Å². The van der Waals surface area contributed by atoms with Gasteiger partial charge in [-0.2, -0.15) is 0 Å². The number of aliphatic carboxylic acids is 1. The molecule has 0 bridgehead atoms. The van der Waals surface area contributed by atoms with Crippen LogP contribution in [0.4, 0.5) is 0 Å². The molecular formula is C22H26N2O4. The molecule has 0 spiro atoms. The second-order valence-electron chi connectivity index (χ2n) is 8.09. The first-order chi connectivity index (χ1) is 13.5. The Hall–Kier alpha value is -2.63. The van der Waals surface area contributed by atoms with Gasteiger partial charge in [0, 0.05) is 19.2 Å². The van der Waals surface area contributed by atoms with E-state index in [-0.39, 0.29) is 30.2 Å². The number of nitrogens with zero attached hydrogens (tertiary/aromatic N) is 2. The third kappa shape index (κ3) is 3.21. The Labute approximate surface area is 164 Å². The van der Waals surface area contributed by atoms with Crippen LogP contribution in [0.25, 0.3) is 6.08 Å². The van der Waals surface area contributed by atoms with E-state index in [9.17, 15) is 19.5 Å². The highest BCUT2D eigenvalue weighted by molar-refractivity contribution is 5.86. The van der Waals surface area contributed by atoms with Crippen molar-refractivity contribution in [3.8, 4) is 0 Å². The molecule has 4 atom stereocenters. The summed E-state index contributed by atoms with van der Waals surface area (Å²) >= 11 is 0. The molecule has 0 aromatic heterocycles. The van der Waals surface area contributed by atoms with Crippen molar-refractivity contribution < 1.29 is 19.5 Å². The Balaban J connectivity index is 1.63. The van der Waals surface area contributed by atoms with Gasteiger partial charge < -0.3 is 14.9 Å². The molecule has 1 saturated heterocycles. The second-order valence-corrected chi connectivity index (χ2v) is 8.09. The van der Waals surface area contributed by atoms with Crippen LogP contribution in [0.15, 0.2) is 30.5 Å². The van der Waals surface area contributed by atoms with Gasteiger partial charge in [0.05, 0.1) is 12.5 Å². The number of fused-ring (bicyclic) bond motifs is 2. The number of rotatable bonds is 3. The summed E-state index contributed by atoms with van der Waals surface area (Å²) in [6, 6.07) is 6.61. The number of amides is 2. The average molecular weight is 382 g/mol. The van der Waals surface area contributed by atoms with Crippen LogP contribution < -0.4 is 0 Å². The van der Waals surface area contributed by atoms with E-state index in [2.05, 4.69) is 0 Å². The molecule has 1 saturated carbocycles. The third-order valence-corrected chi connectivity index (χ3v) is 6.50. The molecule has 0 unspecified atom stereocenters. The molecule has 1 N–H and O–H groups in total. The number of hydrogen-bond donors (Lipinski definition) is 1. The maximum absolute atomic E-state index is 13.4. The van der Waals surface area contributed by atoms with Crippen LogP contribution in [0.1, 0.15) is 62.6 Å². The van der Waals surface area contributed by atoms with Crippen molar-refractivity contribution in [1.82, 2.24) is 9.80 Å². The molecule has 1 aromatic carbocycles. The number of benzene rings is 1. The van der Waals surface area contributed by atoms with Crippen LogP contribution in [0.5, 0.6) is 0 Å². The van der Waals surface area contributed by atoms with Crippen molar-refractivity contribution >= 4 is 23.9 Å². The Morgan fingerprint density at radius 3 is 2.64 bits per heavy atom. The van der Waals surface area contributed by atoms with Gasteiger partial charge in [-0.1, -0.05) is 37.1 Å². The molecule has 1 aromatic rings. The van der Waals surface area contributed by atoms with Crippen LogP contribution in [0.3, 0.4) is 0 Å². The predicted octanol–water partition coefficient (Wildman–Crippen LogP) is 3.19. The fourth-order valence-corrected chi connectivity index (χ4v) is 5.22. The zero-order chi connectivity index (χ0) is 19.8. The van der Waals surface area contributed by atoms with E-state index < -0.39 is 18.1 Å². The van der Waals surface area contributed by atoms with Gasteiger partial charge in [0.25, 0.3) is 0 Å². The van der Waals surface area contributed by atoms with Crippen molar-refractivity contribution in [3.63, 3.8) is 0 Å². The molecule has 28 heavy (non-hydrogen) atoms. The zero-order valence-electron chi connectivity index (χ0n) is 16.1. The predicted molar refractivity (Wildman–Crippen MR) is 104 cm³/mol. The zero-order valence-corrected chi connectivity index (χ0v) is 16.1. The van der Waals surface area contributed by atoms with Crippen molar-refractivity contribution in [2.45, 2.75) is 63.6 Å². The number of carboxylic acids is 1. The monoisotopic (exact) mass is 382 g/mol. The lowest BCUT2D eigenvalue weighted by Gasteiger charge is -2.37. The lowest BCUT2D eigenvalue weighted by atomic mass is 9.84. The highest BCUT2D eigenvalue weighted by Crippen LogP contribution is 2.41. The number of carbonyl (C=O) groups excluding carboxylic acids is 2. The molecule has 3 aliphatic rings. The van der Waals surface area contributed by atoms with E-state index >= 15 is 0 Å². The van der Waals surface area contributed by atoms with Gasteiger partial charge in [0.15, 0.2) is 0 Å². The van der Waals surface area contributed by atoms with Gasteiger partial charge in [0.2, 0.25) is 11.8 Å². The van der Waals surface area contributed by atoms with E-state index in [0.717, 1.165) is 36.8 Å². The summed E-state index contributed by atoms with van der Waals surface area (Å²) in [7, 11) is 0. The summed E-state index contributed by atoms with van der Waals surface area (Å²) < 4.78 is 0. The van der Waals surface area contributed by atoms with Crippen molar-refractivity contribution in [3.05, 3.63) is 41.6 Å². The van der Waals surface area contributed by atoms with Gasteiger partial charge in [-0.05, 0) is 42.4 Å². The highest BCUT2D eigenvalue weighted by Gasteiger charge is 2.48. The lowest BCUT2D eigenvalue weighted by Crippen LogP contribution is -2.47. The largest absolute Gasteiger partial charge is 0.480 e. The molecule has 2 amide bonds. The lowest BCUT2D eigenvalue weighted by molar-refractivity contribution is -0.150. The van der Waals surface area contributed by atoms with E-state index in [4.69, 9.17) is 0 Å². The molecule has 6 heteroatoms. The minimum absolute atomic E-state index is 0.0162. The summed E-state index contributed by atoms with van der Waals surface area (Å²) in [4.78, 5) is 40.6. The van der Waals surface area contributed by atoms with Gasteiger partial charge in [-0.25, -0.2) is 4.79 Å². The summed E-state index contributed by atoms with van der Waals surface area (Å²) in [5.41, 5.74) is 1.92. The number of hydrogen-bond acceptors (Lipinski definition) is 3. The minimum atomic E-state index is -0.921. The van der Waals surface area contributed by atoms with Crippen LogP contribution in [0, 0.1) is 5.92 Å². The molecule has 2 fully saturated rings. The van der Waals surface area contributed by atoms with Crippen molar-refractivity contribution in [1.29, 1.82) is 0 Å². The third-order valence-electron chi connectivity index (χ3n) is 6.50. The fraction of sp³-hybridized carbons (Fsp3) is 0.500. The Kier molecular flexibility index (Phi) is 4.96. The molecule has 2 heterocycles. The van der Waals surface area contributed by atoms with Crippen molar-refractivity contribution in [2.24, 2.45) is 5.92 Å². The molecule has 6 nitrogen and oxygen atoms in total. The topological polar surface area (TPSA) is 77.9 Å². The first kappa shape index (κ1) is 18.7. The van der Waals surface area contributed by atoms with Gasteiger partial charge in [-0.3, -0.25) is 9.59 Å². The standard InChI is InChI=1S/C22H26N2O4/c1-14(25)23-11-10-15-6-2-4-8-17(15)19(23)13-21(26)24-18-9-5-3-7-16(18)12-20(24)22(27)28/h2,4,6,8,10-11,16,18-20H,3,5,7,9,12-13H2,1H3,(H,27,28)/t16-,18-,19+,20+/m1/s1. The normalized spacial score (nSPS) is 28.6. The van der Waals surface area contributed by atoms with E-state index in [1.165, 1.54) is 6.92 Å². The summed E-state index contributed by atoms with van der Waals surface area (Å²) in [5.74, 6) is -0.935. The number of likely N-dealkylation sites (tertiary alicyclic amines) is 1. The molecule has 1 aliphatic carbocycles. The molecule has 148 valence electrons. The summed E-state index contributed by atoms with van der Waals surface area (Å²) in [6.45, 7) is 1.49. The van der Waals surface area contributed by atoms with Crippen LogP contribution in [-0.2, 0) is 14.4 Å². The van der Waals surface area contributed by atoms with E-state index in [1.54, 1.807) is 16.0 Å². The van der Waals surface area contributed by atoms with Gasteiger partial charge in [-0.15, -0.1) is 0 Å². The maximum Gasteiger partial charge on any atom is 0.326 e. The fourth-order valence-electron chi connectivity index (χ4n) is 5.22. The first-order valence-electron chi connectivity index (χ1n) is 10.1. The Morgan fingerprint density at radius 2 is 1.89 bits per heavy atom. The number of carbonyl (C=O) groups is 3. The number of carboxylic acid groups (broad SMARTS) is 1. The molecule has 4 rings (SSSR count). The SMILES string of the molecule is CC(=O)N1C=Cc2ccccc2[C@@H]1CC(=O)N1[C@@H]2CCCC[C@@H]2C[C@H]1C(=O)O. The minimum Gasteiger partial charge on any atom is -0.480 e. The summed E-state index contributed by atoms with van der Waals surface area (Å²) in [6.07, 6.45) is 8.26. The van der Waals surface area contributed by atoms with E-state index in [1.807, 2.05) is 30.3 Å². The molecular weight excluding hydrogens is 356 g/mol. The smallest absolute Gasteiger partial charge is 0.326 e. The first-order valence-corrected chi connectivity index (χ1v) is 10.1. The van der Waals surface area contributed by atoms with Crippen LogP contribution in [0.2, 0.25) is 0 Å². The quantitative estimate of drug-likeness (QED) is 0.871. The van der Waals surface area contributed by atoms with Crippen LogP contribution in [-0.4, -0.2) is 44.8 Å².